The number of rotatable bonds is 6. The average Bonchev–Trinajstić information content (AvgIpc) is 3.14. The molecule has 1 aliphatic heterocycles. The highest BCUT2D eigenvalue weighted by atomic mass is 35.5. The summed E-state index contributed by atoms with van der Waals surface area (Å²) in [6, 6.07) is 9.80. The third-order valence-electron chi connectivity index (χ3n) is 6.14. The highest BCUT2D eigenvalue weighted by molar-refractivity contribution is 7.17. The number of halogens is 2. The van der Waals surface area contributed by atoms with Crippen LogP contribution in [0, 0.1) is 18.8 Å². The summed E-state index contributed by atoms with van der Waals surface area (Å²) in [7, 11) is 0. The number of carboxylic acids is 1. The summed E-state index contributed by atoms with van der Waals surface area (Å²) in [5.41, 5.74) is 2.56. The lowest BCUT2D eigenvalue weighted by atomic mass is 10.1. The van der Waals surface area contributed by atoms with Crippen molar-refractivity contribution in [2.75, 3.05) is 18.0 Å². The predicted octanol–water partition coefficient (Wildman–Crippen LogP) is 4.24. The lowest BCUT2D eigenvalue weighted by Gasteiger charge is -2.19. The van der Waals surface area contributed by atoms with E-state index >= 15 is 0 Å². The van der Waals surface area contributed by atoms with Crippen molar-refractivity contribution in [3.8, 4) is 0 Å². The number of benzene rings is 1. The van der Waals surface area contributed by atoms with Gasteiger partial charge in [0.05, 0.1) is 15.7 Å². The molecule has 2 fully saturated rings. The summed E-state index contributed by atoms with van der Waals surface area (Å²) in [6.45, 7) is 3.22. The maximum Gasteiger partial charge on any atom is 0.347 e. The molecule has 1 amide bonds. The summed E-state index contributed by atoms with van der Waals surface area (Å²) < 4.78 is 0. The number of aromatic nitrogens is 2. The molecule has 3 heterocycles. The van der Waals surface area contributed by atoms with Gasteiger partial charge in [-0.3, -0.25) is 4.79 Å². The quantitative estimate of drug-likeness (QED) is 0.479. The van der Waals surface area contributed by atoms with Gasteiger partial charge in [-0.15, -0.1) is 0 Å². The van der Waals surface area contributed by atoms with Gasteiger partial charge in [0.15, 0.2) is 5.13 Å². The Hall–Kier alpha value is -2.55. The Morgan fingerprint density at radius 2 is 1.91 bits per heavy atom. The first-order valence-corrected chi connectivity index (χ1v) is 11.8. The van der Waals surface area contributed by atoms with Crippen LogP contribution in [0.2, 0.25) is 10.0 Å². The van der Waals surface area contributed by atoms with E-state index in [1.165, 1.54) is 11.3 Å². The third-order valence-corrected chi connectivity index (χ3v) is 8.23. The number of carbonyl (C=O) groups excluding carboxylic acids is 1. The Morgan fingerprint density at radius 1 is 1.22 bits per heavy atom. The van der Waals surface area contributed by atoms with Crippen LogP contribution in [-0.4, -0.2) is 46.1 Å². The monoisotopic (exact) mass is 490 g/mol. The zero-order valence-electron chi connectivity index (χ0n) is 17.1. The number of H-pyrrole nitrogens is 1. The second-order valence-electron chi connectivity index (χ2n) is 8.22. The van der Waals surface area contributed by atoms with Gasteiger partial charge < -0.3 is 20.3 Å². The number of nitrogens with one attached hydrogen (secondary N) is 2. The molecule has 32 heavy (non-hydrogen) atoms. The number of anilines is 1. The molecule has 0 radical (unpaired) electrons. The number of hydrogen-bond donors (Lipinski definition) is 3. The molecule has 3 atom stereocenters. The van der Waals surface area contributed by atoms with Crippen LogP contribution in [0.3, 0.4) is 0 Å². The fourth-order valence-corrected chi connectivity index (χ4v) is 5.75. The maximum atomic E-state index is 12.6. The van der Waals surface area contributed by atoms with Crippen molar-refractivity contribution < 1.29 is 14.7 Å². The van der Waals surface area contributed by atoms with Gasteiger partial charge >= 0.3 is 5.97 Å². The van der Waals surface area contributed by atoms with Gasteiger partial charge in [0, 0.05) is 43.1 Å². The number of carbonyl (C=O) groups is 2. The number of nitrogens with zero attached hydrogens (tertiary/aromatic N) is 2. The third kappa shape index (κ3) is 3.76. The topological polar surface area (TPSA) is 98.3 Å². The molecule has 0 spiro atoms. The van der Waals surface area contributed by atoms with E-state index in [0.717, 1.165) is 23.8 Å². The number of fused-ring (bicyclic) bond motifs is 1. The van der Waals surface area contributed by atoms with Crippen molar-refractivity contribution in [1.29, 1.82) is 0 Å². The number of carboxylic acid groups (broad SMARTS) is 1. The first-order chi connectivity index (χ1) is 15.3. The van der Waals surface area contributed by atoms with Crippen molar-refractivity contribution in [2.24, 2.45) is 11.8 Å². The predicted molar refractivity (Wildman–Crippen MR) is 124 cm³/mol. The summed E-state index contributed by atoms with van der Waals surface area (Å²) in [4.78, 5) is 34.3. The van der Waals surface area contributed by atoms with E-state index in [4.69, 9.17) is 23.2 Å². The number of hydrogen-bond acceptors (Lipinski definition) is 5. The van der Waals surface area contributed by atoms with Crippen LogP contribution in [0.5, 0.6) is 0 Å². The molecule has 1 saturated carbocycles. The molecule has 1 aromatic carbocycles. The van der Waals surface area contributed by atoms with E-state index in [9.17, 15) is 14.7 Å². The molecule has 5 rings (SSSR count). The Labute approximate surface area is 198 Å². The van der Waals surface area contributed by atoms with E-state index in [2.05, 4.69) is 20.2 Å². The molecule has 10 heteroatoms. The highest BCUT2D eigenvalue weighted by Crippen LogP contribution is 2.48. The van der Waals surface area contributed by atoms with E-state index in [1.54, 1.807) is 6.92 Å². The molecule has 3 N–H and O–H groups in total. The van der Waals surface area contributed by atoms with E-state index in [-0.39, 0.29) is 27.5 Å². The van der Waals surface area contributed by atoms with Crippen LogP contribution >= 0.6 is 34.5 Å². The van der Waals surface area contributed by atoms with E-state index in [1.807, 2.05) is 30.3 Å². The molecule has 2 aromatic heterocycles. The van der Waals surface area contributed by atoms with E-state index < -0.39 is 5.97 Å². The van der Waals surface area contributed by atoms with Gasteiger partial charge in [0.2, 0.25) is 0 Å². The summed E-state index contributed by atoms with van der Waals surface area (Å²) in [5.74, 6) is -0.604. The average molecular weight is 491 g/mol. The zero-order chi connectivity index (χ0) is 22.6. The normalized spacial score (nSPS) is 21.5. The Morgan fingerprint density at radius 3 is 2.50 bits per heavy atom. The van der Waals surface area contributed by atoms with Crippen LogP contribution in [0.4, 0.5) is 5.13 Å². The first-order valence-electron chi connectivity index (χ1n) is 10.2. The second kappa shape index (κ2) is 8.10. The zero-order valence-corrected chi connectivity index (χ0v) is 19.4. The lowest BCUT2D eigenvalue weighted by molar-refractivity contribution is 0.0700. The Bertz CT molecular complexity index is 1200. The smallest absolute Gasteiger partial charge is 0.347 e. The van der Waals surface area contributed by atoms with Crippen molar-refractivity contribution in [3.63, 3.8) is 0 Å². The fraction of sp³-hybridized carbons (Fsp3) is 0.318. The molecule has 0 bridgehead atoms. The summed E-state index contributed by atoms with van der Waals surface area (Å²) in [6.07, 6.45) is 0.483. The molecule has 7 nitrogen and oxygen atoms in total. The van der Waals surface area contributed by atoms with Gasteiger partial charge in [-0.25, -0.2) is 9.78 Å². The van der Waals surface area contributed by atoms with Crippen molar-refractivity contribution in [3.05, 3.63) is 67.9 Å². The molecular formula is C22H20Cl2N4O3S. The van der Waals surface area contributed by atoms with Crippen LogP contribution < -0.4 is 10.2 Å². The van der Waals surface area contributed by atoms with Crippen molar-refractivity contribution in [2.45, 2.75) is 19.4 Å². The van der Waals surface area contributed by atoms with Crippen LogP contribution in [0.1, 0.15) is 37.1 Å². The summed E-state index contributed by atoms with van der Waals surface area (Å²) in [5, 5.41) is 14.0. The minimum Gasteiger partial charge on any atom is -0.477 e. The number of amides is 1. The van der Waals surface area contributed by atoms with Crippen LogP contribution in [-0.2, 0) is 6.42 Å². The second-order valence-corrected chi connectivity index (χ2v) is 9.96. The van der Waals surface area contributed by atoms with Gasteiger partial charge in [-0.1, -0.05) is 64.9 Å². The standard InChI is InChI=1S/C22H20Cl2N4O3S/c1-10-15(23)16(24)18(25-10)20(29)27-17-12-8-28(9-13(12)17)22-26-14(19(32-22)21(30)31)7-11-5-3-2-4-6-11/h2-6,12-13,17,25H,7-9H2,1H3,(H,27,29)(H,30,31)/t12-,13+,17?. The largest absolute Gasteiger partial charge is 0.477 e. The van der Waals surface area contributed by atoms with Crippen LogP contribution in [0.25, 0.3) is 0 Å². The number of aryl methyl sites for hydroxylation is 1. The minimum atomic E-state index is -0.953. The van der Waals surface area contributed by atoms with Gasteiger partial charge in [-0.2, -0.15) is 0 Å². The molecule has 1 unspecified atom stereocenters. The number of aromatic amines is 1. The molecule has 1 aliphatic carbocycles. The van der Waals surface area contributed by atoms with Crippen molar-refractivity contribution in [1.82, 2.24) is 15.3 Å². The van der Waals surface area contributed by atoms with Gasteiger partial charge in [-0.05, 0) is 12.5 Å². The Balaban J connectivity index is 1.25. The molecule has 3 aromatic rings. The Kier molecular flexibility index (Phi) is 5.39. The highest BCUT2D eigenvalue weighted by Gasteiger charge is 2.57. The molecule has 1 saturated heterocycles. The van der Waals surface area contributed by atoms with Gasteiger partial charge in [0.25, 0.3) is 5.91 Å². The summed E-state index contributed by atoms with van der Waals surface area (Å²) >= 11 is 13.4. The number of piperidine rings is 1. The maximum absolute atomic E-state index is 12.6. The number of thiazole rings is 1. The number of aromatic carboxylic acids is 1. The molecular weight excluding hydrogens is 471 g/mol. The van der Waals surface area contributed by atoms with E-state index in [0.29, 0.717) is 34.7 Å². The minimum absolute atomic E-state index is 0.0693. The first kappa shape index (κ1) is 21.3. The molecule has 2 aliphatic rings. The van der Waals surface area contributed by atoms with Gasteiger partial charge in [0.1, 0.15) is 10.6 Å². The fourth-order valence-electron chi connectivity index (χ4n) is 4.40. The lowest BCUT2D eigenvalue weighted by Crippen LogP contribution is -2.34. The SMILES string of the molecule is Cc1[nH]c(C(=O)NC2[C@H]3CN(c4nc(Cc5ccccc5)c(C(=O)O)s4)C[C@@H]23)c(Cl)c1Cl. The van der Waals surface area contributed by atoms with Crippen LogP contribution in [0.15, 0.2) is 30.3 Å². The van der Waals surface area contributed by atoms with Crippen molar-refractivity contribution >= 4 is 51.5 Å². The molecule has 166 valence electrons.